The first kappa shape index (κ1) is 17.5. The van der Waals surface area contributed by atoms with Gasteiger partial charge >= 0.3 is 6.03 Å². The van der Waals surface area contributed by atoms with Crippen LogP contribution in [0.25, 0.3) is 5.69 Å². The molecule has 0 spiro atoms. The van der Waals surface area contributed by atoms with Crippen LogP contribution in [0, 0.1) is 6.92 Å². The third-order valence-corrected chi connectivity index (χ3v) is 4.87. The number of benzene rings is 1. The quantitative estimate of drug-likeness (QED) is 0.875. The van der Waals surface area contributed by atoms with Crippen LogP contribution in [0.3, 0.4) is 0 Å². The summed E-state index contributed by atoms with van der Waals surface area (Å²) in [5.41, 5.74) is 2.54. The zero-order chi connectivity index (χ0) is 17.6. The van der Waals surface area contributed by atoms with Gasteiger partial charge in [0, 0.05) is 12.6 Å². The molecule has 1 aliphatic rings. The number of carbonyl (C=O) groups excluding carboxylic acids is 1. The van der Waals surface area contributed by atoms with Crippen LogP contribution in [0.15, 0.2) is 36.5 Å². The smallest absolute Gasteiger partial charge is 0.322 e. The molecule has 0 bridgehead atoms. The van der Waals surface area contributed by atoms with Crippen LogP contribution in [0.1, 0.15) is 37.8 Å². The molecule has 2 N–H and O–H groups in total. The van der Waals surface area contributed by atoms with Gasteiger partial charge in [-0.1, -0.05) is 37.5 Å². The van der Waals surface area contributed by atoms with E-state index in [1.54, 1.807) is 11.1 Å². The third kappa shape index (κ3) is 4.02. The number of nitrogens with one attached hydrogen (secondary N) is 1. The maximum Gasteiger partial charge on any atom is 0.322 e. The monoisotopic (exact) mass is 342 g/mol. The van der Waals surface area contributed by atoms with E-state index >= 15 is 0 Å². The summed E-state index contributed by atoms with van der Waals surface area (Å²) in [6, 6.07) is 9.89. The minimum atomic E-state index is -0.156. The van der Waals surface area contributed by atoms with E-state index in [0.29, 0.717) is 12.2 Å². The summed E-state index contributed by atoms with van der Waals surface area (Å²) in [4.78, 5) is 14.5. The Morgan fingerprint density at radius 1 is 1.28 bits per heavy atom. The number of rotatable bonds is 5. The molecule has 2 aromatic rings. The Morgan fingerprint density at radius 3 is 2.68 bits per heavy atom. The molecule has 25 heavy (non-hydrogen) atoms. The number of aliphatic hydroxyl groups is 1. The predicted octanol–water partition coefficient (Wildman–Crippen LogP) is 3.34. The summed E-state index contributed by atoms with van der Waals surface area (Å²) in [7, 11) is 0. The van der Waals surface area contributed by atoms with Crippen LogP contribution in [0.4, 0.5) is 10.5 Å². The Labute approximate surface area is 148 Å². The van der Waals surface area contributed by atoms with Gasteiger partial charge < -0.3 is 15.3 Å². The van der Waals surface area contributed by atoms with E-state index in [1.807, 2.05) is 41.9 Å². The number of aliphatic hydroxyl groups excluding tert-OH is 1. The van der Waals surface area contributed by atoms with Crippen LogP contribution in [0.5, 0.6) is 0 Å². The maximum absolute atomic E-state index is 12.8. The van der Waals surface area contributed by atoms with Gasteiger partial charge in [-0.3, -0.25) is 0 Å². The van der Waals surface area contributed by atoms with Crippen LogP contribution < -0.4 is 5.32 Å². The molecular formula is C19H26N4O2. The Bertz CT molecular complexity index is 693. The number of para-hydroxylation sites is 1. The second-order valence-electron chi connectivity index (χ2n) is 6.53. The number of hydrogen-bond donors (Lipinski definition) is 2. The highest BCUT2D eigenvalue weighted by atomic mass is 16.3. The van der Waals surface area contributed by atoms with Gasteiger partial charge in [0.25, 0.3) is 0 Å². The molecule has 1 aliphatic carbocycles. The van der Waals surface area contributed by atoms with Crippen LogP contribution in [0.2, 0.25) is 0 Å². The molecule has 1 fully saturated rings. The minimum absolute atomic E-state index is 0.0216. The van der Waals surface area contributed by atoms with Gasteiger partial charge in [0.15, 0.2) is 0 Å². The van der Waals surface area contributed by atoms with E-state index in [-0.39, 0.29) is 18.7 Å². The molecule has 0 atom stereocenters. The first-order valence-corrected chi connectivity index (χ1v) is 8.99. The van der Waals surface area contributed by atoms with Crippen molar-refractivity contribution in [1.82, 2.24) is 14.7 Å². The van der Waals surface area contributed by atoms with Crippen LogP contribution in [-0.2, 0) is 0 Å². The molecular weight excluding hydrogens is 316 g/mol. The molecule has 1 aromatic heterocycles. The van der Waals surface area contributed by atoms with Crippen molar-refractivity contribution in [1.29, 1.82) is 0 Å². The van der Waals surface area contributed by atoms with Gasteiger partial charge in [0.05, 0.1) is 29.9 Å². The Balaban J connectivity index is 1.74. The maximum atomic E-state index is 12.8. The second kappa shape index (κ2) is 8.16. The normalized spacial score (nSPS) is 15.1. The Hall–Kier alpha value is -2.34. The Kier molecular flexibility index (Phi) is 5.71. The molecule has 3 rings (SSSR count). The molecule has 1 heterocycles. The largest absolute Gasteiger partial charge is 0.395 e. The van der Waals surface area contributed by atoms with Crippen molar-refractivity contribution < 1.29 is 9.90 Å². The van der Waals surface area contributed by atoms with Crippen molar-refractivity contribution in [3.63, 3.8) is 0 Å². The fraction of sp³-hybridized carbons (Fsp3) is 0.474. The summed E-state index contributed by atoms with van der Waals surface area (Å²) in [5, 5.41) is 16.7. The predicted molar refractivity (Wildman–Crippen MR) is 98.0 cm³/mol. The third-order valence-electron chi connectivity index (χ3n) is 4.87. The first-order chi connectivity index (χ1) is 12.2. The first-order valence-electron chi connectivity index (χ1n) is 8.99. The summed E-state index contributed by atoms with van der Waals surface area (Å²) in [6.07, 6.45) is 7.22. The number of amides is 2. The van der Waals surface area contributed by atoms with Crippen molar-refractivity contribution in [2.75, 3.05) is 18.5 Å². The number of nitrogens with zero attached hydrogens (tertiary/aromatic N) is 3. The standard InChI is InChI=1S/C19H26N4O2/c1-15-18(14-20-23(15)17-10-6-3-7-11-17)21-19(25)22(12-13-24)16-8-4-2-5-9-16/h3,6-7,10-11,14,16,24H,2,4-5,8-9,12-13H2,1H3,(H,21,25). The van der Waals surface area contributed by atoms with Crippen molar-refractivity contribution >= 4 is 11.7 Å². The average Bonchev–Trinajstić information content (AvgIpc) is 3.01. The zero-order valence-electron chi connectivity index (χ0n) is 14.7. The minimum Gasteiger partial charge on any atom is -0.395 e. The average molecular weight is 342 g/mol. The van der Waals surface area contributed by atoms with Gasteiger partial charge in [0.1, 0.15) is 0 Å². The summed E-state index contributed by atoms with van der Waals surface area (Å²) in [5.74, 6) is 0. The number of urea groups is 1. The lowest BCUT2D eigenvalue weighted by atomic mass is 9.94. The van der Waals surface area contributed by atoms with Gasteiger partial charge in [-0.2, -0.15) is 5.10 Å². The lowest BCUT2D eigenvalue weighted by Crippen LogP contribution is -2.45. The van der Waals surface area contributed by atoms with Gasteiger partial charge in [0.2, 0.25) is 0 Å². The highest BCUT2D eigenvalue weighted by molar-refractivity contribution is 5.90. The van der Waals surface area contributed by atoms with Gasteiger partial charge in [-0.05, 0) is 31.9 Å². The van der Waals surface area contributed by atoms with E-state index in [9.17, 15) is 9.90 Å². The van der Waals surface area contributed by atoms with Crippen LogP contribution >= 0.6 is 0 Å². The number of carbonyl (C=O) groups is 1. The van der Waals surface area contributed by atoms with Gasteiger partial charge in [-0.25, -0.2) is 9.48 Å². The summed E-state index contributed by atoms with van der Waals surface area (Å²) >= 11 is 0. The lowest BCUT2D eigenvalue weighted by molar-refractivity contribution is 0.144. The molecule has 6 heteroatoms. The number of anilines is 1. The molecule has 0 unspecified atom stereocenters. The fourth-order valence-corrected chi connectivity index (χ4v) is 3.50. The highest BCUT2D eigenvalue weighted by Crippen LogP contribution is 2.24. The number of aromatic nitrogens is 2. The van der Waals surface area contributed by atoms with E-state index < -0.39 is 0 Å². The summed E-state index contributed by atoms with van der Waals surface area (Å²) < 4.78 is 1.81. The molecule has 0 radical (unpaired) electrons. The number of hydrogen-bond acceptors (Lipinski definition) is 3. The van der Waals surface area contributed by atoms with E-state index in [1.165, 1.54) is 6.42 Å². The zero-order valence-corrected chi connectivity index (χ0v) is 14.7. The van der Waals surface area contributed by atoms with Crippen LogP contribution in [-0.4, -0.2) is 45.0 Å². The second-order valence-corrected chi connectivity index (χ2v) is 6.53. The molecule has 1 saturated carbocycles. The molecule has 2 amide bonds. The van der Waals surface area contributed by atoms with Crippen molar-refractivity contribution in [2.45, 2.75) is 45.1 Å². The van der Waals surface area contributed by atoms with Crippen molar-refractivity contribution in [3.05, 3.63) is 42.2 Å². The summed E-state index contributed by atoms with van der Waals surface area (Å²) in [6.45, 7) is 2.28. The lowest BCUT2D eigenvalue weighted by Gasteiger charge is -2.33. The Morgan fingerprint density at radius 2 is 2.00 bits per heavy atom. The van der Waals surface area contributed by atoms with Gasteiger partial charge in [-0.15, -0.1) is 0 Å². The molecule has 0 aliphatic heterocycles. The van der Waals surface area contributed by atoms with Crippen molar-refractivity contribution in [2.24, 2.45) is 0 Å². The molecule has 134 valence electrons. The molecule has 1 aromatic carbocycles. The van der Waals surface area contributed by atoms with Crippen molar-refractivity contribution in [3.8, 4) is 5.69 Å². The topological polar surface area (TPSA) is 70.4 Å². The fourth-order valence-electron chi connectivity index (χ4n) is 3.50. The highest BCUT2D eigenvalue weighted by Gasteiger charge is 2.25. The molecule has 0 saturated heterocycles. The van der Waals surface area contributed by atoms with E-state index in [2.05, 4.69) is 10.4 Å². The molecule has 6 nitrogen and oxygen atoms in total. The van der Waals surface area contributed by atoms with E-state index in [4.69, 9.17) is 0 Å². The van der Waals surface area contributed by atoms with E-state index in [0.717, 1.165) is 37.1 Å². The SMILES string of the molecule is Cc1c(NC(=O)N(CCO)C2CCCCC2)cnn1-c1ccccc1.